The summed E-state index contributed by atoms with van der Waals surface area (Å²) in [7, 11) is 0. The number of hydrogen-bond acceptors (Lipinski definition) is 3. The lowest BCUT2D eigenvalue weighted by atomic mass is 10.2. The van der Waals surface area contributed by atoms with Crippen molar-refractivity contribution in [2.75, 3.05) is 5.73 Å². The molecule has 0 aliphatic carbocycles. The Morgan fingerprint density at radius 2 is 2.15 bits per heavy atom. The summed E-state index contributed by atoms with van der Waals surface area (Å²) >= 11 is 0. The number of rotatable bonds is 5. The van der Waals surface area contributed by atoms with Gasteiger partial charge < -0.3 is 15.0 Å². The summed E-state index contributed by atoms with van der Waals surface area (Å²) in [4.78, 5) is 4.31. The second kappa shape index (κ2) is 5.94. The molecule has 0 atom stereocenters. The third-order valence-corrected chi connectivity index (χ3v) is 2.89. The van der Waals surface area contributed by atoms with Crippen molar-refractivity contribution in [1.82, 2.24) is 9.55 Å². The van der Waals surface area contributed by atoms with E-state index in [9.17, 15) is 4.39 Å². The number of anilines is 1. The molecular formula is C15H20FN3O. The van der Waals surface area contributed by atoms with E-state index in [1.54, 1.807) is 12.3 Å². The lowest BCUT2D eigenvalue weighted by Crippen LogP contribution is -2.10. The van der Waals surface area contributed by atoms with Gasteiger partial charge in [-0.05, 0) is 20.3 Å². The van der Waals surface area contributed by atoms with Crippen LogP contribution < -0.4 is 10.5 Å². The number of ether oxygens (including phenoxy) is 1. The molecule has 0 amide bonds. The van der Waals surface area contributed by atoms with Crippen LogP contribution in [0.25, 0.3) is 5.69 Å². The number of benzene rings is 1. The average molecular weight is 277 g/mol. The van der Waals surface area contributed by atoms with Crippen LogP contribution in [-0.4, -0.2) is 15.7 Å². The van der Waals surface area contributed by atoms with E-state index in [0.717, 1.165) is 18.7 Å². The van der Waals surface area contributed by atoms with E-state index in [1.807, 2.05) is 24.6 Å². The maximum Gasteiger partial charge on any atom is 0.167 e. The molecule has 1 aromatic carbocycles. The number of aryl methyl sites for hydroxylation is 1. The Morgan fingerprint density at radius 3 is 2.80 bits per heavy atom. The quantitative estimate of drug-likeness (QED) is 0.853. The molecule has 2 aromatic rings. The van der Waals surface area contributed by atoms with Crippen LogP contribution >= 0.6 is 0 Å². The van der Waals surface area contributed by atoms with Gasteiger partial charge in [-0.3, -0.25) is 0 Å². The number of halogens is 1. The van der Waals surface area contributed by atoms with Gasteiger partial charge in [0, 0.05) is 30.9 Å². The van der Waals surface area contributed by atoms with E-state index in [1.165, 1.54) is 6.07 Å². The predicted molar refractivity (Wildman–Crippen MR) is 77.7 cm³/mol. The van der Waals surface area contributed by atoms with Gasteiger partial charge in [-0.1, -0.05) is 6.92 Å². The fourth-order valence-electron chi connectivity index (χ4n) is 2.07. The van der Waals surface area contributed by atoms with E-state index < -0.39 is 5.82 Å². The molecule has 0 bridgehead atoms. The molecule has 2 rings (SSSR count). The Bertz CT molecular complexity index is 593. The Balaban J connectivity index is 2.47. The Kier molecular flexibility index (Phi) is 4.27. The first-order valence-electron chi connectivity index (χ1n) is 6.81. The summed E-state index contributed by atoms with van der Waals surface area (Å²) in [5, 5.41) is 0. The molecule has 2 N–H and O–H groups in total. The zero-order valence-electron chi connectivity index (χ0n) is 12.1. The highest BCUT2D eigenvalue weighted by molar-refractivity contribution is 5.61. The van der Waals surface area contributed by atoms with Crippen molar-refractivity contribution in [1.29, 1.82) is 0 Å². The Morgan fingerprint density at radius 1 is 1.40 bits per heavy atom. The van der Waals surface area contributed by atoms with Crippen LogP contribution in [0.15, 0.2) is 24.5 Å². The second-order valence-corrected chi connectivity index (χ2v) is 4.97. The summed E-state index contributed by atoms with van der Waals surface area (Å²) < 4.78 is 21.2. The molecule has 0 unspecified atom stereocenters. The molecule has 1 heterocycles. The topological polar surface area (TPSA) is 53.1 Å². The Labute approximate surface area is 118 Å². The van der Waals surface area contributed by atoms with Crippen LogP contribution in [-0.2, 0) is 6.42 Å². The molecule has 0 fully saturated rings. The first-order valence-corrected chi connectivity index (χ1v) is 6.81. The largest absolute Gasteiger partial charge is 0.488 e. The number of nitrogen functional groups attached to an aromatic ring is 1. The van der Waals surface area contributed by atoms with Crippen molar-refractivity contribution in [3.63, 3.8) is 0 Å². The number of aromatic nitrogens is 2. The van der Waals surface area contributed by atoms with E-state index >= 15 is 0 Å². The molecule has 0 aliphatic heterocycles. The maximum atomic E-state index is 13.9. The lowest BCUT2D eigenvalue weighted by molar-refractivity contribution is 0.231. The van der Waals surface area contributed by atoms with E-state index in [4.69, 9.17) is 10.5 Å². The van der Waals surface area contributed by atoms with Crippen molar-refractivity contribution in [3.05, 3.63) is 36.2 Å². The zero-order chi connectivity index (χ0) is 14.7. The molecule has 0 aliphatic rings. The zero-order valence-corrected chi connectivity index (χ0v) is 12.1. The van der Waals surface area contributed by atoms with Crippen molar-refractivity contribution in [2.45, 2.75) is 39.7 Å². The van der Waals surface area contributed by atoms with Gasteiger partial charge in [-0.15, -0.1) is 0 Å². The van der Waals surface area contributed by atoms with Crippen LogP contribution in [0, 0.1) is 5.82 Å². The summed E-state index contributed by atoms with van der Waals surface area (Å²) in [6.45, 7) is 5.80. The molecule has 0 saturated heterocycles. The third kappa shape index (κ3) is 2.92. The summed E-state index contributed by atoms with van der Waals surface area (Å²) in [5.74, 6) is 0.666. The minimum absolute atomic E-state index is 0.0983. The first kappa shape index (κ1) is 14.4. The lowest BCUT2D eigenvalue weighted by Gasteiger charge is -2.15. The van der Waals surface area contributed by atoms with Crippen molar-refractivity contribution >= 4 is 5.69 Å². The number of hydrogen-bond donors (Lipinski definition) is 1. The summed E-state index contributed by atoms with van der Waals surface area (Å²) in [5.41, 5.74) is 7.00. The van der Waals surface area contributed by atoms with Crippen LogP contribution in [0.3, 0.4) is 0 Å². The molecule has 0 spiro atoms. The third-order valence-electron chi connectivity index (χ3n) is 2.89. The number of nitrogens with two attached hydrogens (primary N) is 1. The standard InChI is InChI=1S/C15H20FN3O/c1-4-5-15-18-6-7-19(15)13-9-14(20-10(2)3)11(16)8-12(13)17/h6-10H,4-5,17H2,1-3H3. The fourth-order valence-corrected chi connectivity index (χ4v) is 2.07. The van der Waals surface area contributed by atoms with Gasteiger partial charge in [-0.2, -0.15) is 0 Å². The average Bonchev–Trinajstić information content (AvgIpc) is 2.81. The minimum Gasteiger partial charge on any atom is -0.488 e. The van der Waals surface area contributed by atoms with Gasteiger partial charge in [0.15, 0.2) is 11.6 Å². The van der Waals surface area contributed by atoms with Crippen LogP contribution in [0.5, 0.6) is 5.75 Å². The van der Waals surface area contributed by atoms with Crippen LogP contribution in [0.4, 0.5) is 10.1 Å². The van der Waals surface area contributed by atoms with E-state index in [2.05, 4.69) is 11.9 Å². The second-order valence-electron chi connectivity index (χ2n) is 4.97. The van der Waals surface area contributed by atoms with Crippen LogP contribution in [0.2, 0.25) is 0 Å². The molecule has 20 heavy (non-hydrogen) atoms. The smallest absolute Gasteiger partial charge is 0.167 e. The number of imidazole rings is 1. The van der Waals surface area contributed by atoms with Crippen LogP contribution in [0.1, 0.15) is 33.0 Å². The van der Waals surface area contributed by atoms with Gasteiger partial charge >= 0.3 is 0 Å². The molecule has 0 radical (unpaired) electrons. The Hall–Kier alpha value is -2.04. The molecule has 5 heteroatoms. The SMILES string of the molecule is CCCc1nccn1-c1cc(OC(C)C)c(F)cc1N. The summed E-state index contributed by atoms with van der Waals surface area (Å²) in [6.07, 6.45) is 5.26. The van der Waals surface area contributed by atoms with Crippen molar-refractivity contribution in [2.24, 2.45) is 0 Å². The van der Waals surface area contributed by atoms with Gasteiger partial charge in [-0.25, -0.2) is 9.37 Å². The predicted octanol–water partition coefficient (Wildman–Crippen LogP) is 3.33. The first-order chi connectivity index (χ1) is 9.52. The highest BCUT2D eigenvalue weighted by atomic mass is 19.1. The van der Waals surface area contributed by atoms with Gasteiger partial charge in [0.05, 0.1) is 17.5 Å². The van der Waals surface area contributed by atoms with Gasteiger partial charge in [0.2, 0.25) is 0 Å². The van der Waals surface area contributed by atoms with E-state index in [-0.39, 0.29) is 11.9 Å². The molecule has 1 aromatic heterocycles. The number of nitrogens with zero attached hydrogens (tertiary/aromatic N) is 2. The molecule has 4 nitrogen and oxygen atoms in total. The monoisotopic (exact) mass is 277 g/mol. The normalized spacial score (nSPS) is 11.1. The minimum atomic E-state index is -0.447. The van der Waals surface area contributed by atoms with E-state index in [0.29, 0.717) is 11.4 Å². The van der Waals surface area contributed by atoms with Crippen molar-refractivity contribution < 1.29 is 9.13 Å². The highest BCUT2D eigenvalue weighted by Crippen LogP contribution is 2.28. The van der Waals surface area contributed by atoms with Gasteiger partial charge in [0.25, 0.3) is 0 Å². The molecule has 0 saturated carbocycles. The molecular weight excluding hydrogens is 257 g/mol. The highest BCUT2D eigenvalue weighted by Gasteiger charge is 2.14. The fraction of sp³-hybridized carbons (Fsp3) is 0.400. The van der Waals surface area contributed by atoms with Gasteiger partial charge in [0.1, 0.15) is 5.82 Å². The van der Waals surface area contributed by atoms with Crippen molar-refractivity contribution in [3.8, 4) is 11.4 Å². The molecule has 108 valence electrons. The summed E-state index contributed by atoms with van der Waals surface area (Å²) in [6, 6.07) is 2.92. The maximum absolute atomic E-state index is 13.9.